The molecule has 8 heteroatoms. The number of hydrogen-bond acceptors (Lipinski definition) is 5. The summed E-state index contributed by atoms with van der Waals surface area (Å²) in [6, 6.07) is 15.5. The second kappa shape index (κ2) is 10.2. The van der Waals surface area contributed by atoms with Crippen molar-refractivity contribution in [1.82, 2.24) is 19.4 Å². The van der Waals surface area contributed by atoms with Gasteiger partial charge in [0.05, 0.1) is 14.2 Å². The fourth-order valence-electron chi connectivity index (χ4n) is 3.84. The van der Waals surface area contributed by atoms with Gasteiger partial charge in [-0.25, -0.2) is 9.78 Å². The summed E-state index contributed by atoms with van der Waals surface area (Å²) >= 11 is 0. The highest BCUT2D eigenvalue weighted by Crippen LogP contribution is 2.26. The molecule has 168 valence electrons. The number of aromatic nitrogens is 2. The Bertz CT molecular complexity index is 1010. The molecule has 0 saturated carbocycles. The topological polar surface area (TPSA) is 71.9 Å². The Labute approximate surface area is 188 Å². The summed E-state index contributed by atoms with van der Waals surface area (Å²) in [6.07, 6.45) is 3.87. The van der Waals surface area contributed by atoms with E-state index in [-0.39, 0.29) is 6.03 Å². The molecule has 1 aliphatic rings. The van der Waals surface area contributed by atoms with Gasteiger partial charge in [0.15, 0.2) is 0 Å². The third-order valence-electron chi connectivity index (χ3n) is 5.67. The number of rotatable bonds is 7. The molecule has 1 aromatic heterocycles. The third kappa shape index (κ3) is 5.20. The lowest BCUT2D eigenvalue weighted by molar-refractivity contribution is 0.144. The number of hydrogen-bond donors (Lipinski definition) is 1. The number of methoxy groups -OCH3 is 2. The summed E-state index contributed by atoms with van der Waals surface area (Å²) in [5.74, 6) is 2.26. The summed E-state index contributed by atoms with van der Waals surface area (Å²) < 4.78 is 12.7. The molecule has 2 amide bonds. The van der Waals surface area contributed by atoms with E-state index in [9.17, 15) is 4.79 Å². The van der Waals surface area contributed by atoms with E-state index in [1.165, 1.54) is 0 Å². The molecular weight excluding hydrogens is 406 g/mol. The second-order valence-electron chi connectivity index (χ2n) is 7.67. The SMILES string of the molecule is COc1cc(NC(=O)N2CCN(CCn3ccnc3-c3ccccc3)CC2)cc(OC)c1. The smallest absolute Gasteiger partial charge is 0.321 e. The van der Waals surface area contributed by atoms with Crippen LogP contribution in [0.3, 0.4) is 0 Å². The normalized spacial score (nSPS) is 14.2. The van der Waals surface area contributed by atoms with Crippen LogP contribution in [0.15, 0.2) is 60.9 Å². The lowest BCUT2D eigenvalue weighted by Crippen LogP contribution is -2.50. The van der Waals surface area contributed by atoms with E-state index >= 15 is 0 Å². The van der Waals surface area contributed by atoms with Crippen molar-refractivity contribution in [3.63, 3.8) is 0 Å². The number of carbonyl (C=O) groups excluding carboxylic acids is 1. The minimum atomic E-state index is -0.110. The van der Waals surface area contributed by atoms with Crippen LogP contribution in [-0.2, 0) is 6.54 Å². The van der Waals surface area contributed by atoms with Gasteiger partial charge in [0.25, 0.3) is 0 Å². The third-order valence-corrected chi connectivity index (χ3v) is 5.67. The fourth-order valence-corrected chi connectivity index (χ4v) is 3.84. The van der Waals surface area contributed by atoms with Crippen LogP contribution in [0, 0.1) is 0 Å². The molecule has 32 heavy (non-hydrogen) atoms. The number of piperazine rings is 1. The molecule has 2 aromatic carbocycles. The molecule has 0 radical (unpaired) electrons. The Balaban J connectivity index is 1.28. The first-order valence-electron chi connectivity index (χ1n) is 10.7. The second-order valence-corrected chi connectivity index (χ2v) is 7.67. The number of benzene rings is 2. The Kier molecular flexibility index (Phi) is 6.91. The Morgan fingerprint density at radius 3 is 2.31 bits per heavy atom. The zero-order valence-electron chi connectivity index (χ0n) is 18.5. The average Bonchev–Trinajstić information content (AvgIpc) is 3.32. The van der Waals surface area contributed by atoms with Crippen molar-refractivity contribution < 1.29 is 14.3 Å². The predicted molar refractivity (Wildman–Crippen MR) is 124 cm³/mol. The van der Waals surface area contributed by atoms with Gasteiger partial charge in [0.2, 0.25) is 0 Å². The maximum Gasteiger partial charge on any atom is 0.321 e. The molecule has 1 fully saturated rings. The summed E-state index contributed by atoms with van der Waals surface area (Å²) in [5, 5.41) is 2.95. The van der Waals surface area contributed by atoms with Crippen molar-refractivity contribution >= 4 is 11.7 Å². The van der Waals surface area contributed by atoms with E-state index < -0.39 is 0 Å². The molecule has 8 nitrogen and oxygen atoms in total. The average molecular weight is 436 g/mol. The quantitative estimate of drug-likeness (QED) is 0.616. The molecule has 0 aliphatic carbocycles. The molecule has 0 unspecified atom stereocenters. The van der Waals surface area contributed by atoms with Crippen LogP contribution < -0.4 is 14.8 Å². The molecule has 0 atom stereocenters. The van der Waals surface area contributed by atoms with Gasteiger partial charge in [-0.2, -0.15) is 0 Å². The molecule has 3 aromatic rings. The first kappa shape index (κ1) is 21.7. The monoisotopic (exact) mass is 435 g/mol. The van der Waals surface area contributed by atoms with Crippen LogP contribution in [0.5, 0.6) is 11.5 Å². The maximum absolute atomic E-state index is 12.7. The van der Waals surface area contributed by atoms with Gasteiger partial charge in [0.1, 0.15) is 17.3 Å². The highest BCUT2D eigenvalue weighted by atomic mass is 16.5. The Morgan fingerprint density at radius 2 is 1.66 bits per heavy atom. The molecule has 0 spiro atoms. The van der Waals surface area contributed by atoms with Gasteiger partial charge in [-0.3, -0.25) is 4.90 Å². The largest absolute Gasteiger partial charge is 0.497 e. The van der Waals surface area contributed by atoms with E-state index in [0.717, 1.165) is 37.6 Å². The Morgan fingerprint density at radius 1 is 0.969 bits per heavy atom. The fraction of sp³-hybridized carbons (Fsp3) is 0.333. The van der Waals surface area contributed by atoms with E-state index in [1.807, 2.05) is 35.5 Å². The van der Waals surface area contributed by atoms with Crippen LogP contribution in [0.25, 0.3) is 11.4 Å². The number of imidazole rings is 1. The number of urea groups is 1. The van der Waals surface area contributed by atoms with E-state index in [4.69, 9.17) is 9.47 Å². The van der Waals surface area contributed by atoms with Crippen molar-refractivity contribution in [2.45, 2.75) is 6.54 Å². The number of anilines is 1. The van der Waals surface area contributed by atoms with Crippen molar-refractivity contribution in [3.05, 3.63) is 60.9 Å². The number of nitrogens with one attached hydrogen (secondary N) is 1. The summed E-state index contributed by atoms with van der Waals surface area (Å²) in [4.78, 5) is 21.5. The summed E-state index contributed by atoms with van der Waals surface area (Å²) in [5.41, 5.74) is 1.77. The molecule has 2 heterocycles. The maximum atomic E-state index is 12.7. The van der Waals surface area contributed by atoms with Gasteiger partial charge in [-0.15, -0.1) is 0 Å². The van der Waals surface area contributed by atoms with Crippen molar-refractivity contribution in [2.24, 2.45) is 0 Å². The molecule has 1 N–H and O–H groups in total. The molecular formula is C24H29N5O3. The van der Waals surface area contributed by atoms with E-state index in [0.29, 0.717) is 30.3 Å². The summed E-state index contributed by atoms with van der Waals surface area (Å²) in [7, 11) is 3.18. The molecule has 1 saturated heterocycles. The molecule has 4 rings (SSSR count). The highest BCUT2D eigenvalue weighted by Gasteiger charge is 2.21. The van der Waals surface area contributed by atoms with Gasteiger partial charge in [-0.1, -0.05) is 30.3 Å². The van der Waals surface area contributed by atoms with Crippen LogP contribution >= 0.6 is 0 Å². The molecule has 0 bridgehead atoms. The van der Waals surface area contributed by atoms with Gasteiger partial charge < -0.3 is 24.3 Å². The van der Waals surface area contributed by atoms with Crippen LogP contribution in [0.2, 0.25) is 0 Å². The van der Waals surface area contributed by atoms with E-state index in [2.05, 4.69) is 31.9 Å². The first-order valence-corrected chi connectivity index (χ1v) is 10.7. The van der Waals surface area contributed by atoms with Crippen molar-refractivity contribution in [1.29, 1.82) is 0 Å². The van der Waals surface area contributed by atoms with Gasteiger partial charge in [-0.05, 0) is 0 Å². The standard InChI is InChI=1S/C24H29N5O3/c1-31-21-16-20(17-22(18-21)32-2)26-24(30)29-14-11-27(12-15-29)10-13-28-9-8-25-23(28)19-6-4-3-5-7-19/h3-9,16-18H,10-15H2,1-2H3,(H,26,30). The predicted octanol–water partition coefficient (Wildman–Crippen LogP) is 3.42. The number of amides is 2. The minimum Gasteiger partial charge on any atom is -0.497 e. The van der Waals surface area contributed by atoms with Crippen LogP contribution in [-0.4, -0.2) is 72.3 Å². The van der Waals surface area contributed by atoms with Crippen molar-refractivity contribution in [2.75, 3.05) is 52.3 Å². The highest BCUT2D eigenvalue weighted by molar-refractivity contribution is 5.90. The van der Waals surface area contributed by atoms with Gasteiger partial charge in [0, 0.05) is 81.1 Å². The number of nitrogens with zero attached hydrogens (tertiary/aromatic N) is 4. The zero-order valence-corrected chi connectivity index (χ0v) is 18.5. The van der Waals surface area contributed by atoms with Crippen LogP contribution in [0.4, 0.5) is 10.5 Å². The minimum absolute atomic E-state index is 0.110. The van der Waals surface area contributed by atoms with Gasteiger partial charge >= 0.3 is 6.03 Å². The van der Waals surface area contributed by atoms with E-state index in [1.54, 1.807) is 32.4 Å². The first-order chi connectivity index (χ1) is 15.7. The number of ether oxygens (including phenoxy) is 2. The lowest BCUT2D eigenvalue weighted by atomic mass is 10.2. The summed E-state index contributed by atoms with van der Waals surface area (Å²) in [6.45, 7) is 4.82. The van der Waals surface area contributed by atoms with Crippen molar-refractivity contribution in [3.8, 4) is 22.9 Å². The van der Waals surface area contributed by atoms with Crippen LogP contribution in [0.1, 0.15) is 0 Å². The lowest BCUT2D eigenvalue weighted by Gasteiger charge is -2.34. The molecule has 1 aliphatic heterocycles. The Hall–Kier alpha value is -3.52. The number of carbonyl (C=O) groups is 1. The zero-order chi connectivity index (χ0) is 22.3.